The molecule has 7 heteroatoms. The smallest absolute Gasteiger partial charge is 0.240 e. The molecule has 0 spiro atoms. The second-order valence-corrected chi connectivity index (χ2v) is 5.94. The van der Waals surface area contributed by atoms with Gasteiger partial charge in [0, 0.05) is 12.1 Å². The van der Waals surface area contributed by atoms with Gasteiger partial charge in [0.05, 0.1) is 17.1 Å². The molecule has 102 valence electrons. The highest BCUT2D eigenvalue weighted by atomic mass is 32.2. The molecule has 0 saturated carbocycles. The molecule has 0 saturated heterocycles. The molecular weight excluding hydrogens is 266 g/mol. The first kappa shape index (κ1) is 13.7. The first-order valence-corrected chi connectivity index (χ1v) is 7.22. The van der Waals surface area contributed by atoms with Gasteiger partial charge in [-0.3, -0.25) is 0 Å². The molecule has 0 bridgehead atoms. The lowest BCUT2D eigenvalue weighted by molar-refractivity contribution is 0.411. The highest BCUT2D eigenvalue weighted by Crippen LogP contribution is 2.16. The topological polar surface area (TPSA) is 98.2 Å². The molecule has 2 rings (SSSR count). The molecule has 1 aromatic carbocycles. The van der Waals surface area contributed by atoms with E-state index < -0.39 is 10.0 Å². The molecular formula is C12H15N3O3S. The quantitative estimate of drug-likeness (QED) is 0.857. The van der Waals surface area contributed by atoms with Crippen molar-refractivity contribution in [1.82, 2.24) is 9.88 Å². The predicted octanol–water partition coefficient (Wildman–Crippen LogP) is 1.17. The third-order valence-corrected chi connectivity index (χ3v) is 4.03. The van der Waals surface area contributed by atoms with Crippen molar-refractivity contribution in [2.75, 3.05) is 0 Å². The number of sulfonamides is 1. The molecule has 6 nitrogen and oxygen atoms in total. The molecule has 1 aromatic heterocycles. The average Bonchev–Trinajstić information content (AvgIpc) is 2.90. The number of benzene rings is 1. The van der Waals surface area contributed by atoms with E-state index in [1.807, 2.05) is 0 Å². The molecule has 0 aliphatic carbocycles. The summed E-state index contributed by atoms with van der Waals surface area (Å²) in [7, 11) is -3.58. The minimum Gasteiger partial charge on any atom is -0.364 e. The Hall–Kier alpha value is -1.70. The van der Waals surface area contributed by atoms with Gasteiger partial charge in [0.1, 0.15) is 6.26 Å². The van der Waals surface area contributed by atoms with E-state index in [2.05, 4.69) is 14.4 Å². The van der Waals surface area contributed by atoms with Gasteiger partial charge in [-0.25, -0.2) is 13.1 Å². The van der Waals surface area contributed by atoms with Crippen LogP contribution in [0.2, 0.25) is 0 Å². The number of nitrogens with zero attached hydrogens (tertiary/aromatic N) is 1. The van der Waals surface area contributed by atoms with Crippen molar-refractivity contribution in [1.29, 1.82) is 0 Å². The lowest BCUT2D eigenvalue weighted by atomic mass is 10.1. The van der Waals surface area contributed by atoms with Crippen molar-refractivity contribution in [3.63, 3.8) is 0 Å². The molecule has 2 aromatic rings. The van der Waals surface area contributed by atoms with Crippen LogP contribution in [0.25, 0.3) is 0 Å². The van der Waals surface area contributed by atoms with Crippen LogP contribution in [-0.2, 0) is 16.6 Å². The highest BCUT2D eigenvalue weighted by Gasteiger charge is 2.15. The van der Waals surface area contributed by atoms with Gasteiger partial charge in [-0.1, -0.05) is 17.3 Å². The molecule has 0 aliphatic rings. The zero-order valence-corrected chi connectivity index (χ0v) is 11.2. The summed E-state index contributed by atoms with van der Waals surface area (Å²) in [5.74, 6) is 0. The van der Waals surface area contributed by atoms with Crippen molar-refractivity contribution in [3.8, 4) is 0 Å². The Bertz CT molecular complexity index is 636. The third-order valence-electron chi connectivity index (χ3n) is 2.63. The molecule has 1 heterocycles. The number of hydrogen-bond donors (Lipinski definition) is 2. The van der Waals surface area contributed by atoms with Crippen molar-refractivity contribution in [3.05, 3.63) is 47.9 Å². The maximum absolute atomic E-state index is 12.1. The Balaban J connectivity index is 2.17. The van der Waals surface area contributed by atoms with E-state index in [0.717, 1.165) is 5.56 Å². The van der Waals surface area contributed by atoms with Gasteiger partial charge in [0.2, 0.25) is 10.0 Å². The van der Waals surface area contributed by atoms with Gasteiger partial charge in [-0.2, -0.15) is 0 Å². The van der Waals surface area contributed by atoms with Gasteiger partial charge >= 0.3 is 0 Å². The number of rotatable bonds is 5. The summed E-state index contributed by atoms with van der Waals surface area (Å²) in [6.07, 6.45) is 1.39. The van der Waals surface area contributed by atoms with Gasteiger partial charge < -0.3 is 10.3 Å². The normalized spacial score (nSPS) is 13.4. The Morgan fingerprint density at radius 2 is 2.21 bits per heavy atom. The highest BCUT2D eigenvalue weighted by molar-refractivity contribution is 7.89. The summed E-state index contributed by atoms with van der Waals surface area (Å²) in [4.78, 5) is 0.186. The summed E-state index contributed by atoms with van der Waals surface area (Å²) in [6, 6.07) is 7.93. The molecule has 0 amide bonds. The standard InChI is InChI=1S/C12H15N3O3S/c1-9(13)10-3-2-4-12(7-10)19(16,17)14-8-11-5-6-18-15-11/h2-7,9,14H,8,13H2,1H3. The Morgan fingerprint density at radius 3 is 2.84 bits per heavy atom. The summed E-state index contributed by atoms with van der Waals surface area (Å²) in [6.45, 7) is 1.88. The summed E-state index contributed by atoms with van der Waals surface area (Å²) < 4.78 is 31.3. The molecule has 1 unspecified atom stereocenters. The van der Waals surface area contributed by atoms with E-state index in [4.69, 9.17) is 5.73 Å². The van der Waals surface area contributed by atoms with Crippen LogP contribution in [0.15, 0.2) is 46.0 Å². The first-order chi connectivity index (χ1) is 8.99. The lowest BCUT2D eigenvalue weighted by Gasteiger charge is -2.09. The van der Waals surface area contributed by atoms with Gasteiger partial charge in [-0.15, -0.1) is 0 Å². The van der Waals surface area contributed by atoms with E-state index in [0.29, 0.717) is 5.69 Å². The van der Waals surface area contributed by atoms with E-state index in [1.54, 1.807) is 31.2 Å². The Morgan fingerprint density at radius 1 is 1.42 bits per heavy atom. The van der Waals surface area contributed by atoms with Crippen molar-refractivity contribution < 1.29 is 12.9 Å². The Labute approximate surface area is 111 Å². The predicted molar refractivity (Wildman–Crippen MR) is 69.6 cm³/mol. The fourth-order valence-electron chi connectivity index (χ4n) is 1.55. The second kappa shape index (κ2) is 5.52. The maximum atomic E-state index is 12.1. The van der Waals surface area contributed by atoms with Crippen LogP contribution in [0.4, 0.5) is 0 Å². The molecule has 0 fully saturated rings. The minimum absolute atomic E-state index is 0.0846. The summed E-state index contributed by atoms with van der Waals surface area (Å²) in [5.41, 5.74) is 7.03. The van der Waals surface area contributed by atoms with E-state index >= 15 is 0 Å². The van der Waals surface area contributed by atoms with Gasteiger partial charge in [0.15, 0.2) is 0 Å². The van der Waals surface area contributed by atoms with Crippen LogP contribution >= 0.6 is 0 Å². The van der Waals surface area contributed by atoms with Gasteiger partial charge in [-0.05, 0) is 24.6 Å². The van der Waals surface area contributed by atoms with Crippen LogP contribution in [0.1, 0.15) is 24.2 Å². The number of nitrogens with two attached hydrogens (primary N) is 1. The average molecular weight is 281 g/mol. The molecule has 0 radical (unpaired) electrons. The number of hydrogen-bond acceptors (Lipinski definition) is 5. The van der Waals surface area contributed by atoms with Crippen molar-refractivity contribution in [2.24, 2.45) is 5.73 Å². The van der Waals surface area contributed by atoms with Crippen LogP contribution in [0.3, 0.4) is 0 Å². The fraction of sp³-hybridized carbons (Fsp3) is 0.250. The zero-order chi connectivity index (χ0) is 13.9. The monoisotopic (exact) mass is 281 g/mol. The second-order valence-electron chi connectivity index (χ2n) is 4.18. The van der Waals surface area contributed by atoms with Crippen molar-refractivity contribution >= 4 is 10.0 Å². The van der Waals surface area contributed by atoms with E-state index in [-0.39, 0.29) is 17.5 Å². The first-order valence-electron chi connectivity index (χ1n) is 5.73. The van der Waals surface area contributed by atoms with E-state index in [1.165, 1.54) is 12.3 Å². The van der Waals surface area contributed by atoms with Crippen LogP contribution in [0.5, 0.6) is 0 Å². The summed E-state index contributed by atoms with van der Waals surface area (Å²) in [5, 5.41) is 3.64. The fourth-order valence-corrected chi connectivity index (χ4v) is 2.60. The Kier molecular flexibility index (Phi) is 3.98. The maximum Gasteiger partial charge on any atom is 0.240 e. The molecule has 1 atom stereocenters. The third kappa shape index (κ3) is 3.40. The number of nitrogens with one attached hydrogen (secondary N) is 1. The van der Waals surface area contributed by atoms with Crippen LogP contribution in [0, 0.1) is 0 Å². The molecule has 3 N–H and O–H groups in total. The summed E-state index contributed by atoms with van der Waals surface area (Å²) >= 11 is 0. The van der Waals surface area contributed by atoms with Crippen LogP contribution < -0.4 is 10.5 Å². The van der Waals surface area contributed by atoms with Gasteiger partial charge in [0.25, 0.3) is 0 Å². The lowest BCUT2D eigenvalue weighted by Crippen LogP contribution is -2.23. The zero-order valence-electron chi connectivity index (χ0n) is 10.4. The van der Waals surface area contributed by atoms with Crippen LogP contribution in [-0.4, -0.2) is 13.6 Å². The van der Waals surface area contributed by atoms with E-state index in [9.17, 15) is 8.42 Å². The largest absolute Gasteiger partial charge is 0.364 e. The molecule has 0 aliphatic heterocycles. The minimum atomic E-state index is -3.58. The SMILES string of the molecule is CC(N)c1cccc(S(=O)(=O)NCc2ccon2)c1. The molecule has 19 heavy (non-hydrogen) atoms. The number of aromatic nitrogens is 1. The van der Waals surface area contributed by atoms with Crippen molar-refractivity contribution in [2.45, 2.75) is 24.4 Å².